The fraction of sp³-hybridized carbons (Fsp3) is 0.148. The van der Waals surface area contributed by atoms with Crippen molar-refractivity contribution >= 4 is 15.9 Å². The number of aromatic nitrogens is 1. The normalized spacial score (nSPS) is 13.9. The molecule has 1 heterocycles. The zero-order valence-corrected chi connectivity index (χ0v) is 18.1. The monoisotopic (exact) mass is 439 g/mol. The number of benzene rings is 3. The smallest absolute Gasteiger partial charge is 0.0886 e. The summed E-state index contributed by atoms with van der Waals surface area (Å²) in [5.74, 6) is 0.447. The van der Waals surface area contributed by atoms with Gasteiger partial charge in [0.1, 0.15) is 0 Å². The van der Waals surface area contributed by atoms with Gasteiger partial charge in [-0.1, -0.05) is 90.4 Å². The molecule has 1 nitrogen and oxygen atoms in total. The summed E-state index contributed by atoms with van der Waals surface area (Å²) in [4.78, 5) is 4.96. The van der Waals surface area contributed by atoms with Crippen LogP contribution in [-0.2, 0) is 5.41 Å². The molecule has 0 unspecified atom stereocenters. The van der Waals surface area contributed by atoms with Gasteiger partial charge in [0.2, 0.25) is 0 Å². The molecule has 4 aromatic rings. The molecule has 1 aliphatic rings. The fourth-order valence-electron chi connectivity index (χ4n) is 4.70. The lowest BCUT2D eigenvalue weighted by molar-refractivity contribution is 0.726. The van der Waals surface area contributed by atoms with Crippen LogP contribution in [0.1, 0.15) is 47.7 Å². The van der Waals surface area contributed by atoms with Gasteiger partial charge in [-0.25, -0.2) is 0 Å². The largest absolute Gasteiger partial charge is 0.260 e. The van der Waals surface area contributed by atoms with Crippen LogP contribution in [0.3, 0.4) is 0 Å². The molecule has 3 aromatic carbocycles. The number of nitrogens with zero attached hydrogens (tertiary/aromatic N) is 1. The van der Waals surface area contributed by atoms with Crippen molar-refractivity contribution in [1.82, 2.24) is 4.98 Å². The average molecular weight is 440 g/mol. The van der Waals surface area contributed by atoms with Crippen LogP contribution in [0.5, 0.6) is 0 Å². The summed E-state index contributed by atoms with van der Waals surface area (Å²) >= 11 is 3.70. The number of hydrogen-bond donors (Lipinski definition) is 0. The Kier molecular flexibility index (Phi) is 4.40. The standard InChI is InChI=1S/C27H22BrN/c1-18(2)19-14-15-29-26(16-19)27(20-8-7-9-21(28)17-20)24-12-5-3-10-22(24)23-11-4-6-13-25(23)27/h3-18H,1-2H3. The lowest BCUT2D eigenvalue weighted by atomic mass is 9.69. The van der Waals surface area contributed by atoms with E-state index in [4.69, 9.17) is 4.98 Å². The molecule has 1 aliphatic carbocycles. The van der Waals surface area contributed by atoms with E-state index in [2.05, 4.69) is 115 Å². The van der Waals surface area contributed by atoms with Crippen LogP contribution in [0.25, 0.3) is 11.1 Å². The maximum atomic E-state index is 4.96. The van der Waals surface area contributed by atoms with E-state index in [0.29, 0.717) is 5.92 Å². The number of hydrogen-bond acceptors (Lipinski definition) is 1. The fourth-order valence-corrected chi connectivity index (χ4v) is 5.10. The quantitative estimate of drug-likeness (QED) is 0.286. The third-order valence-corrected chi connectivity index (χ3v) is 6.54. The third-order valence-electron chi connectivity index (χ3n) is 6.04. The molecule has 142 valence electrons. The average Bonchev–Trinajstić information content (AvgIpc) is 3.05. The molecule has 1 aromatic heterocycles. The molecule has 29 heavy (non-hydrogen) atoms. The van der Waals surface area contributed by atoms with Crippen molar-refractivity contribution in [2.45, 2.75) is 25.2 Å². The highest BCUT2D eigenvalue weighted by molar-refractivity contribution is 9.10. The Morgan fingerprint density at radius 3 is 2.03 bits per heavy atom. The highest BCUT2D eigenvalue weighted by atomic mass is 79.9. The lowest BCUT2D eigenvalue weighted by Crippen LogP contribution is -2.30. The molecule has 0 aliphatic heterocycles. The summed E-state index contributed by atoms with van der Waals surface area (Å²) in [7, 11) is 0. The van der Waals surface area contributed by atoms with Gasteiger partial charge in [0.05, 0.1) is 11.1 Å². The first-order valence-corrected chi connectivity index (χ1v) is 10.8. The number of halogens is 1. The van der Waals surface area contributed by atoms with Gasteiger partial charge >= 0.3 is 0 Å². The van der Waals surface area contributed by atoms with Crippen molar-refractivity contribution in [2.24, 2.45) is 0 Å². The molecule has 2 heteroatoms. The van der Waals surface area contributed by atoms with E-state index in [-0.39, 0.29) is 0 Å². The maximum Gasteiger partial charge on any atom is 0.0886 e. The molecule has 0 atom stereocenters. The van der Waals surface area contributed by atoms with Crippen molar-refractivity contribution in [1.29, 1.82) is 0 Å². The third kappa shape index (κ3) is 2.70. The summed E-state index contributed by atoms with van der Waals surface area (Å²) in [6, 6.07) is 30.7. The first-order valence-electron chi connectivity index (χ1n) is 10.0. The second-order valence-corrected chi connectivity index (χ2v) is 8.90. The predicted molar refractivity (Wildman–Crippen MR) is 123 cm³/mol. The molecule has 0 amide bonds. The highest BCUT2D eigenvalue weighted by Gasteiger charge is 2.47. The molecule has 0 saturated heterocycles. The molecule has 0 bridgehead atoms. The minimum absolute atomic E-state index is 0.429. The minimum atomic E-state index is -0.429. The van der Waals surface area contributed by atoms with Gasteiger partial charge in [0.25, 0.3) is 0 Å². The van der Waals surface area contributed by atoms with E-state index < -0.39 is 5.41 Å². The Hall–Kier alpha value is -2.71. The molecule has 0 fully saturated rings. The molecule has 0 radical (unpaired) electrons. The van der Waals surface area contributed by atoms with Crippen LogP contribution in [0, 0.1) is 0 Å². The van der Waals surface area contributed by atoms with Crippen LogP contribution in [0.15, 0.2) is 95.6 Å². The zero-order chi connectivity index (χ0) is 20.0. The molecular formula is C27H22BrN. The summed E-state index contributed by atoms with van der Waals surface area (Å²) in [5.41, 5.74) is 8.38. The Morgan fingerprint density at radius 2 is 1.41 bits per heavy atom. The van der Waals surface area contributed by atoms with Crippen molar-refractivity contribution in [3.05, 3.63) is 124 Å². The van der Waals surface area contributed by atoms with Crippen LogP contribution >= 0.6 is 15.9 Å². The topological polar surface area (TPSA) is 12.9 Å². The molecule has 0 saturated carbocycles. The van der Waals surface area contributed by atoms with Gasteiger partial charge in [-0.3, -0.25) is 4.98 Å². The number of fused-ring (bicyclic) bond motifs is 3. The molecule has 5 rings (SSSR count). The van der Waals surface area contributed by atoms with Crippen LogP contribution < -0.4 is 0 Å². The van der Waals surface area contributed by atoms with Crippen molar-refractivity contribution < 1.29 is 0 Å². The molecule has 0 spiro atoms. The van der Waals surface area contributed by atoms with E-state index in [0.717, 1.165) is 10.2 Å². The Bertz CT molecular complexity index is 1160. The van der Waals surface area contributed by atoms with E-state index in [1.165, 1.54) is 33.4 Å². The summed E-state index contributed by atoms with van der Waals surface area (Å²) in [6.45, 7) is 4.48. The van der Waals surface area contributed by atoms with Gasteiger partial charge in [0.15, 0.2) is 0 Å². The van der Waals surface area contributed by atoms with Crippen molar-refractivity contribution in [3.8, 4) is 11.1 Å². The summed E-state index contributed by atoms with van der Waals surface area (Å²) in [5, 5.41) is 0. The second-order valence-electron chi connectivity index (χ2n) is 7.98. The van der Waals surface area contributed by atoms with Gasteiger partial charge in [0, 0.05) is 10.7 Å². The summed E-state index contributed by atoms with van der Waals surface area (Å²) in [6.07, 6.45) is 1.97. The van der Waals surface area contributed by atoms with Crippen LogP contribution in [0.4, 0.5) is 0 Å². The molecule has 0 N–H and O–H groups in total. The van der Waals surface area contributed by atoms with E-state index in [1.807, 2.05) is 6.20 Å². The van der Waals surface area contributed by atoms with Gasteiger partial charge in [-0.2, -0.15) is 0 Å². The van der Waals surface area contributed by atoms with Gasteiger partial charge in [-0.05, 0) is 63.6 Å². The first-order chi connectivity index (χ1) is 14.1. The number of pyridine rings is 1. The van der Waals surface area contributed by atoms with Crippen LogP contribution in [-0.4, -0.2) is 4.98 Å². The van der Waals surface area contributed by atoms with E-state index in [9.17, 15) is 0 Å². The predicted octanol–water partition coefficient (Wildman–Crippen LogP) is 7.33. The van der Waals surface area contributed by atoms with Crippen LogP contribution in [0.2, 0.25) is 0 Å². The zero-order valence-electron chi connectivity index (χ0n) is 16.6. The number of rotatable bonds is 3. The van der Waals surface area contributed by atoms with E-state index in [1.54, 1.807) is 0 Å². The Morgan fingerprint density at radius 1 is 0.759 bits per heavy atom. The molecular weight excluding hydrogens is 418 g/mol. The maximum absolute atomic E-state index is 4.96. The Balaban J connectivity index is 1.95. The second kappa shape index (κ2) is 6.96. The van der Waals surface area contributed by atoms with Gasteiger partial charge in [-0.15, -0.1) is 0 Å². The van der Waals surface area contributed by atoms with Gasteiger partial charge < -0.3 is 0 Å². The summed E-state index contributed by atoms with van der Waals surface area (Å²) < 4.78 is 1.08. The SMILES string of the molecule is CC(C)c1ccnc(C2(c3cccc(Br)c3)c3ccccc3-c3ccccc32)c1. The first kappa shape index (κ1) is 18.3. The van der Waals surface area contributed by atoms with Crippen molar-refractivity contribution in [2.75, 3.05) is 0 Å². The highest BCUT2D eigenvalue weighted by Crippen LogP contribution is 2.55. The van der Waals surface area contributed by atoms with E-state index >= 15 is 0 Å². The minimum Gasteiger partial charge on any atom is -0.260 e. The van der Waals surface area contributed by atoms with Crippen molar-refractivity contribution in [3.63, 3.8) is 0 Å². The lowest BCUT2D eigenvalue weighted by Gasteiger charge is -2.33. The Labute approximate surface area is 180 Å².